The first kappa shape index (κ1) is 22.2. The number of rotatable bonds is 7. The molecule has 3 rings (SSSR count). The minimum atomic E-state index is -0.870. The van der Waals surface area contributed by atoms with E-state index in [-0.39, 0.29) is 12.2 Å². The molecule has 0 bridgehead atoms. The highest BCUT2D eigenvalue weighted by Crippen LogP contribution is 2.12. The maximum atomic E-state index is 12.2. The van der Waals surface area contributed by atoms with E-state index >= 15 is 0 Å². The SMILES string of the molecule is COc1ccc(/C=C/C(=O)NC(C)C(=O)OCc2cc(=O)n3cc(Br)ccc3n2)cc1. The number of hydrogen-bond acceptors (Lipinski definition) is 6. The number of halogens is 1. The summed E-state index contributed by atoms with van der Waals surface area (Å²) in [5.41, 5.74) is 1.28. The van der Waals surface area contributed by atoms with E-state index in [0.717, 1.165) is 15.8 Å². The lowest BCUT2D eigenvalue weighted by molar-refractivity contribution is -0.148. The van der Waals surface area contributed by atoms with Crippen molar-refractivity contribution in [3.05, 3.63) is 80.8 Å². The third-order valence-corrected chi connectivity index (χ3v) is 4.76. The van der Waals surface area contributed by atoms with Gasteiger partial charge in [0.25, 0.3) is 5.56 Å². The van der Waals surface area contributed by atoms with Crippen molar-refractivity contribution < 1.29 is 19.1 Å². The normalized spacial score (nSPS) is 12.0. The second-order valence-electron chi connectivity index (χ2n) is 6.61. The number of ether oxygens (including phenoxy) is 2. The van der Waals surface area contributed by atoms with Gasteiger partial charge in [0.15, 0.2) is 0 Å². The van der Waals surface area contributed by atoms with Crippen LogP contribution in [0.3, 0.4) is 0 Å². The number of fused-ring (bicyclic) bond motifs is 1. The highest BCUT2D eigenvalue weighted by atomic mass is 79.9. The van der Waals surface area contributed by atoms with Crippen LogP contribution in [0.1, 0.15) is 18.2 Å². The highest BCUT2D eigenvalue weighted by Gasteiger charge is 2.16. The lowest BCUT2D eigenvalue weighted by Gasteiger charge is -2.12. The van der Waals surface area contributed by atoms with Gasteiger partial charge in [0.2, 0.25) is 5.91 Å². The van der Waals surface area contributed by atoms with E-state index in [2.05, 4.69) is 26.2 Å². The summed E-state index contributed by atoms with van der Waals surface area (Å²) in [5.74, 6) is -0.355. The van der Waals surface area contributed by atoms with Gasteiger partial charge in [-0.2, -0.15) is 0 Å². The molecular weight excluding hydrogens is 466 g/mol. The summed E-state index contributed by atoms with van der Waals surface area (Å²) in [6, 6.07) is 11.0. The van der Waals surface area contributed by atoms with Crippen LogP contribution in [0.15, 0.2) is 64.0 Å². The van der Waals surface area contributed by atoms with Gasteiger partial charge in [-0.3, -0.25) is 14.0 Å². The third-order valence-electron chi connectivity index (χ3n) is 4.29. The van der Waals surface area contributed by atoms with Crippen molar-refractivity contribution >= 4 is 39.5 Å². The molecule has 31 heavy (non-hydrogen) atoms. The van der Waals surface area contributed by atoms with Crippen LogP contribution in [0.25, 0.3) is 11.7 Å². The predicted molar refractivity (Wildman–Crippen MR) is 119 cm³/mol. The maximum absolute atomic E-state index is 12.2. The molecule has 0 aliphatic heterocycles. The van der Waals surface area contributed by atoms with E-state index in [1.807, 2.05) is 0 Å². The number of esters is 1. The van der Waals surface area contributed by atoms with Gasteiger partial charge in [0.05, 0.1) is 12.8 Å². The van der Waals surface area contributed by atoms with Gasteiger partial charge in [-0.1, -0.05) is 12.1 Å². The largest absolute Gasteiger partial charge is 0.497 e. The Bertz CT molecular complexity index is 1190. The molecule has 2 aromatic heterocycles. The number of aromatic nitrogens is 2. The molecular formula is C22H20BrN3O5. The summed E-state index contributed by atoms with van der Waals surface area (Å²) in [6.07, 6.45) is 4.56. The molecule has 3 aromatic rings. The molecule has 8 nitrogen and oxygen atoms in total. The zero-order chi connectivity index (χ0) is 22.4. The molecule has 1 N–H and O–H groups in total. The van der Waals surface area contributed by atoms with Gasteiger partial charge in [-0.05, 0) is 58.8 Å². The molecule has 1 unspecified atom stereocenters. The van der Waals surface area contributed by atoms with Crippen molar-refractivity contribution in [1.29, 1.82) is 0 Å². The number of amides is 1. The average Bonchev–Trinajstić information content (AvgIpc) is 2.76. The van der Waals surface area contributed by atoms with Crippen molar-refractivity contribution in [2.75, 3.05) is 7.11 Å². The molecule has 1 amide bonds. The van der Waals surface area contributed by atoms with Crippen LogP contribution in [-0.4, -0.2) is 34.4 Å². The quantitative estimate of drug-likeness (QED) is 0.408. The topological polar surface area (TPSA) is 99.0 Å². The number of benzene rings is 1. The first-order valence-electron chi connectivity index (χ1n) is 9.33. The fourth-order valence-electron chi connectivity index (χ4n) is 2.68. The van der Waals surface area contributed by atoms with Crippen molar-refractivity contribution in [3.8, 4) is 5.75 Å². The Hall–Kier alpha value is -3.46. The van der Waals surface area contributed by atoms with Crippen LogP contribution in [0.2, 0.25) is 0 Å². The Morgan fingerprint density at radius 1 is 1.23 bits per heavy atom. The third kappa shape index (κ3) is 6.02. The van der Waals surface area contributed by atoms with Crippen molar-refractivity contribution in [2.24, 2.45) is 0 Å². The Labute approximate surface area is 186 Å². The van der Waals surface area contributed by atoms with Crippen molar-refractivity contribution in [2.45, 2.75) is 19.6 Å². The molecule has 0 aliphatic carbocycles. The molecule has 9 heteroatoms. The highest BCUT2D eigenvalue weighted by molar-refractivity contribution is 9.10. The van der Waals surface area contributed by atoms with Crippen LogP contribution >= 0.6 is 15.9 Å². The zero-order valence-corrected chi connectivity index (χ0v) is 18.5. The van der Waals surface area contributed by atoms with Gasteiger partial charge in [0.1, 0.15) is 24.0 Å². The minimum Gasteiger partial charge on any atom is -0.497 e. The van der Waals surface area contributed by atoms with Crippen LogP contribution in [0.5, 0.6) is 5.75 Å². The summed E-state index contributed by atoms with van der Waals surface area (Å²) in [6.45, 7) is 1.34. The Kier molecular flexibility index (Phi) is 7.19. The second-order valence-corrected chi connectivity index (χ2v) is 7.52. The molecule has 0 radical (unpaired) electrons. The van der Waals surface area contributed by atoms with Gasteiger partial charge >= 0.3 is 5.97 Å². The molecule has 1 aromatic carbocycles. The molecule has 2 heterocycles. The van der Waals surface area contributed by atoms with E-state index in [1.54, 1.807) is 55.8 Å². The molecule has 160 valence electrons. The van der Waals surface area contributed by atoms with Crippen molar-refractivity contribution in [1.82, 2.24) is 14.7 Å². The van der Waals surface area contributed by atoms with Gasteiger partial charge in [-0.25, -0.2) is 9.78 Å². The molecule has 0 saturated carbocycles. The van der Waals surface area contributed by atoms with Gasteiger partial charge in [-0.15, -0.1) is 0 Å². The molecule has 1 atom stereocenters. The molecule has 0 spiro atoms. The summed E-state index contributed by atoms with van der Waals surface area (Å²) in [7, 11) is 1.58. The average molecular weight is 486 g/mol. The van der Waals surface area contributed by atoms with E-state index in [9.17, 15) is 14.4 Å². The summed E-state index contributed by atoms with van der Waals surface area (Å²) < 4.78 is 12.4. The number of hydrogen-bond donors (Lipinski definition) is 1. The number of carbonyl (C=O) groups is 2. The van der Waals surface area contributed by atoms with Crippen molar-refractivity contribution in [3.63, 3.8) is 0 Å². The van der Waals surface area contributed by atoms with E-state index in [0.29, 0.717) is 11.3 Å². The van der Waals surface area contributed by atoms with E-state index < -0.39 is 17.9 Å². The first-order valence-corrected chi connectivity index (χ1v) is 10.1. The van der Waals surface area contributed by atoms with Gasteiger partial charge in [0, 0.05) is 22.8 Å². The number of nitrogens with one attached hydrogen (secondary N) is 1. The zero-order valence-electron chi connectivity index (χ0n) is 16.9. The van der Waals surface area contributed by atoms with Crippen LogP contribution < -0.4 is 15.6 Å². The number of carbonyl (C=O) groups excluding carboxylic acids is 2. The standard InChI is InChI=1S/C22H20BrN3O5/c1-14(24-20(27)10-5-15-3-7-18(30-2)8-4-15)22(29)31-13-17-11-21(28)26-12-16(23)6-9-19(26)25-17/h3-12,14H,13H2,1-2H3,(H,24,27)/b10-5+. The monoisotopic (exact) mass is 485 g/mol. The number of methoxy groups -OCH3 is 1. The molecule has 0 saturated heterocycles. The Morgan fingerprint density at radius 3 is 2.68 bits per heavy atom. The smallest absolute Gasteiger partial charge is 0.328 e. The lowest BCUT2D eigenvalue weighted by Crippen LogP contribution is -2.38. The summed E-state index contributed by atoms with van der Waals surface area (Å²) in [5, 5.41) is 2.54. The fraction of sp³-hybridized carbons (Fsp3) is 0.182. The van der Waals surface area contributed by atoms with Crippen LogP contribution in [0.4, 0.5) is 0 Å². The predicted octanol–water partition coefficient (Wildman–Crippen LogP) is 2.73. The second kappa shape index (κ2) is 10.0. The fourth-order valence-corrected chi connectivity index (χ4v) is 3.01. The first-order chi connectivity index (χ1) is 14.9. The van der Waals surface area contributed by atoms with E-state index in [1.165, 1.54) is 23.5 Å². The maximum Gasteiger partial charge on any atom is 0.328 e. The molecule has 0 aliphatic rings. The Morgan fingerprint density at radius 2 is 1.97 bits per heavy atom. The van der Waals surface area contributed by atoms with Gasteiger partial charge < -0.3 is 14.8 Å². The molecule has 0 fully saturated rings. The number of nitrogens with zero attached hydrogens (tertiary/aromatic N) is 2. The number of pyridine rings is 1. The van der Waals surface area contributed by atoms with Crippen LogP contribution in [-0.2, 0) is 20.9 Å². The summed E-state index contributed by atoms with van der Waals surface area (Å²) >= 11 is 3.30. The minimum absolute atomic E-state index is 0.178. The lowest BCUT2D eigenvalue weighted by atomic mass is 10.2. The van der Waals surface area contributed by atoms with Crippen LogP contribution in [0, 0.1) is 0 Å². The Balaban J connectivity index is 1.54. The summed E-state index contributed by atoms with van der Waals surface area (Å²) in [4.78, 5) is 40.7. The van der Waals surface area contributed by atoms with E-state index in [4.69, 9.17) is 9.47 Å².